The summed E-state index contributed by atoms with van der Waals surface area (Å²) in [5.41, 5.74) is 0. The van der Waals surface area contributed by atoms with E-state index in [9.17, 15) is 28.8 Å². The fourth-order valence-electron chi connectivity index (χ4n) is 5.00. The van der Waals surface area contributed by atoms with Gasteiger partial charge in [-0.15, -0.1) is 0 Å². The van der Waals surface area contributed by atoms with Gasteiger partial charge in [-0.1, -0.05) is 90.9 Å². The normalized spacial score (nSPS) is 11.8. The van der Waals surface area contributed by atoms with Gasteiger partial charge in [0.05, 0.1) is 39.6 Å². The van der Waals surface area contributed by atoms with Crippen molar-refractivity contribution in [2.24, 2.45) is 0 Å². The molecular formula is C39H74N4O11. The number of unbranched alkanes of at least 4 members (excludes halogenated alkanes) is 13. The average molecular weight is 775 g/mol. The highest BCUT2D eigenvalue weighted by Crippen LogP contribution is 2.14. The standard InChI is InChI=1S/C37H68N4O11.C2H6/c1-30(42)28-51-26-24-49-22-20-38-34(44)29-52-27-25-50-23-21-39-36(47)31(2)41-37(48)32(3)40-33(43)18-16-14-12-10-8-6-4-5-7-9-11-13-15-17-19-35(45)46;1-2/h31-32H,4-29H2,1-3H3,(H,38,44)(H,39,47)(H,40,43)(H,41,48)(H,45,46);1-2H3. The summed E-state index contributed by atoms with van der Waals surface area (Å²) in [4.78, 5) is 70.1. The number of ketones is 1. The van der Waals surface area contributed by atoms with Gasteiger partial charge in [0, 0.05) is 25.9 Å². The van der Waals surface area contributed by atoms with Crippen molar-refractivity contribution in [1.82, 2.24) is 21.3 Å². The van der Waals surface area contributed by atoms with E-state index in [-0.39, 0.29) is 69.5 Å². The van der Waals surface area contributed by atoms with Crippen LogP contribution in [0.15, 0.2) is 0 Å². The quantitative estimate of drug-likeness (QED) is 0.0565. The minimum atomic E-state index is -0.791. The van der Waals surface area contributed by atoms with E-state index in [2.05, 4.69) is 21.3 Å². The Hall–Kier alpha value is -3.14. The lowest BCUT2D eigenvalue weighted by Gasteiger charge is -2.18. The van der Waals surface area contributed by atoms with Gasteiger partial charge in [-0.3, -0.25) is 28.8 Å². The summed E-state index contributed by atoms with van der Waals surface area (Å²) in [6, 6.07) is -1.55. The largest absolute Gasteiger partial charge is 0.481 e. The van der Waals surface area contributed by atoms with Gasteiger partial charge in [-0.25, -0.2) is 0 Å². The molecule has 0 aromatic heterocycles. The van der Waals surface area contributed by atoms with Crippen LogP contribution in [0.3, 0.4) is 0 Å². The van der Waals surface area contributed by atoms with E-state index >= 15 is 0 Å². The first-order valence-corrected chi connectivity index (χ1v) is 20.2. The summed E-state index contributed by atoms with van der Waals surface area (Å²) >= 11 is 0. The molecule has 0 bridgehead atoms. The van der Waals surface area contributed by atoms with E-state index in [1.54, 1.807) is 13.8 Å². The van der Waals surface area contributed by atoms with E-state index in [1.807, 2.05) is 13.8 Å². The maximum Gasteiger partial charge on any atom is 0.303 e. The molecule has 316 valence electrons. The number of carboxylic acids is 1. The van der Waals surface area contributed by atoms with Crippen molar-refractivity contribution in [3.63, 3.8) is 0 Å². The first kappa shape index (κ1) is 53.0. The smallest absolute Gasteiger partial charge is 0.303 e. The van der Waals surface area contributed by atoms with Crippen LogP contribution in [-0.2, 0) is 47.7 Å². The lowest BCUT2D eigenvalue weighted by molar-refractivity contribution is -0.137. The van der Waals surface area contributed by atoms with Gasteiger partial charge in [-0.05, 0) is 33.6 Å². The highest BCUT2D eigenvalue weighted by Gasteiger charge is 2.20. The summed E-state index contributed by atoms with van der Waals surface area (Å²) in [7, 11) is 0. The monoisotopic (exact) mass is 775 g/mol. The maximum absolute atomic E-state index is 12.5. The zero-order valence-corrected chi connectivity index (χ0v) is 34.1. The van der Waals surface area contributed by atoms with Gasteiger partial charge < -0.3 is 45.3 Å². The summed E-state index contributed by atoms with van der Waals surface area (Å²) in [5.74, 6) is -2.04. The molecule has 0 spiro atoms. The average Bonchev–Trinajstić information content (AvgIpc) is 3.13. The zero-order valence-electron chi connectivity index (χ0n) is 34.1. The molecule has 5 N–H and O–H groups in total. The van der Waals surface area contributed by atoms with Gasteiger partial charge in [0.2, 0.25) is 23.6 Å². The van der Waals surface area contributed by atoms with Crippen molar-refractivity contribution in [1.29, 1.82) is 0 Å². The topological polar surface area (TPSA) is 208 Å². The van der Waals surface area contributed by atoms with Crippen molar-refractivity contribution in [2.45, 2.75) is 149 Å². The first-order chi connectivity index (χ1) is 26.0. The third-order valence-electron chi connectivity index (χ3n) is 7.96. The molecule has 0 aliphatic heterocycles. The second-order valence-corrected chi connectivity index (χ2v) is 13.0. The Labute approximate surface area is 324 Å². The second kappa shape index (κ2) is 39.6. The Morgan fingerprint density at radius 2 is 0.889 bits per heavy atom. The van der Waals surface area contributed by atoms with Crippen LogP contribution >= 0.6 is 0 Å². The number of Topliss-reactive ketones (excluding diaryl/α,β-unsaturated/α-hetero) is 1. The number of amides is 4. The molecule has 2 unspecified atom stereocenters. The SMILES string of the molecule is CC.CC(=O)COCCOCCNC(=O)COCCOCCNC(=O)C(C)NC(=O)C(C)NC(=O)CCCCCCCCCCCCCCCCC(=O)O. The molecule has 0 aliphatic carbocycles. The molecule has 15 heteroatoms. The molecule has 0 aromatic rings. The number of nitrogens with one attached hydrogen (secondary N) is 4. The molecule has 15 nitrogen and oxygen atoms in total. The van der Waals surface area contributed by atoms with Crippen molar-refractivity contribution in [3.8, 4) is 0 Å². The number of rotatable bonds is 37. The lowest BCUT2D eigenvalue weighted by atomic mass is 10.0. The number of aliphatic carboxylic acids is 1. The molecule has 0 saturated heterocycles. The summed E-state index contributed by atoms with van der Waals surface area (Å²) in [6.45, 7) is 10.7. The van der Waals surface area contributed by atoms with E-state index in [4.69, 9.17) is 24.1 Å². The van der Waals surface area contributed by atoms with Gasteiger partial charge in [0.1, 0.15) is 25.3 Å². The molecule has 0 saturated carbocycles. The highest BCUT2D eigenvalue weighted by atomic mass is 16.5. The highest BCUT2D eigenvalue weighted by molar-refractivity contribution is 5.91. The molecule has 2 atom stereocenters. The fraction of sp³-hybridized carbons (Fsp3) is 0.846. The van der Waals surface area contributed by atoms with E-state index in [0.29, 0.717) is 32.8 Å². The number of hydrogen-bond donors (Lipinski definition) is 5. The summed E-state index contributed by atoms with van der Waals surface area (Å²) in [6.07, 6.45) is 16.2. The van der Waals surface area contributed by atoms with Crippen molar-refractivity contribution in [3.05, 3.63) is 0 Å². The van der Waals surface area contributed by atoms with Crippen LogP contribution in [0.25, 0.3) is 0 Å². The van der Waals surface area contributed by atoms with Crippen molar-refractivity contribution >= 4 is 35.4 Å². The summed E-state index contributed by atoms with van der Waals surface area (Å²) < 4.78 is 21.0. The number of carboxylic acid groups (broad SMARTS) is 1. The molecule has 0 rings (SSSR count). The van der Waals surface area contributed by atoms with Crippen LogP contribution in [0, 0.1) is 0 Å². The first-order valence-electron chi connectivity index (χ1n) is 20.2. The lowest BCUT2D eigenvalue weighted by Crippen LogP contribution is -2.51. The number of ether oxygens (including phenoxy) is 4. The maximum atomic E-state index is 12.5. The molecule has 0 aromatic carbocycles. The Bertz CT molecular complexity index is 984. The Morgan fingerprint density at radius 1 is 0.481 bits per heavy atom. The van der Waals surface area contributed by atoms with Crippen LogP contribution in [0.1, 0.15) is 137 Å². The summed E-state index contributed by atoms with van der Waals surface area (Å²) in [5, 5.41) is 19.3. The minimum absolute atomic E-state index is 0.0505. The molecule has 0 heterocycles. The molecule has 54 heavy (non-hydrogen) atoms. The van der Waals surface area contributed by atoms with Gasteiger partial charge in [0.15, 0.2) is 5.78 Å². The minimum Gasteiger partial charge on any atom is -0.481 e. The fourth-order valence-corrected chi connectivity index (χ4v) is 5.00. The Balaban J connectivity index is 0. The van der Waals surface area contributed by atoms with Crippen LogP contribution < -0.4 is 21.3 Å². The van der Waals surface area contributed by atoms with E-state index < -0.39 is 24.0 Å². The van der Waals surface area contributed by atoms with Crippen molar-refractivity contribution in [2.75, 3.05) is 65.9 Å². The molecule has 0 fully saturated rings. The zero-order chi connectivity index (χ0) is 40.7. The van der Waals surface area contributed by atoms with Gasteiger partial charge >= 0.3 is 5.97 Å². The molecule has 0 aliphatic rings. The van der Waals surface area contributed by atoms with Crippen LogP contribution in [-0.4, -0.2) is 119 Å². The molecule has 4 amide bonds. The van der Waals surface area contributed by atoms with E-state index in [1.165, 1.54) is 51.9 Å². The Kier molecular flexibility index (Phi) is 38.8. The number of carbonyl (C=O) groups excluding carboxylic acids is 5. The Morgan fingerprint density at radius 3 is 1.37 bits per heavy atom. The van der Waals surface area contributed by atoms with Crippen molar-refractivity contribution < 1.29 is 52.8 Å². The third-order valence-corrected chi connectivity index (χ3v) is 7.96. The number of carbonyl (C=O) groups is 6. The van der Waals surface area contributed by atoms with E-state index in [0.717, 1.165) is 44.9 Å². The predicted molar refractivity (Wildman–Crippen MR) is 208 cm³/mol. The number of hydrogen-bond acceptors (Lipinski definition) is 10. The molecule has 0 radical (unpaired) electrons. The predicted octanol–water partition coefficient (Wildman–Crippen LogP) is 4.24. The van der Waals surface area contributed by atoms with Gasteiger partial charge in [0.25, 0.3) is 0 Å². The van der Waals surface area contributed by atoms with Crippen LogP contribution in [0.5, 0.6) is 0 Å². The van der Waals surface area contributed by atoms with Gasteiger partial charge in [-0.2, -0.15) is 0 Å². The van der Waals surface area contributed by atoms with Crippen LogP contribution in [0.4, 0.5) is 0 Å². The second-order valence-electron chi connectivity index (χ2n) is 13.0. The van der Waals surface area contributed by atoms with Crippen LogP contribution in [0.2, 0.25) is 0 Å². The molecular weight excluding hydrogens is 700 g/mol. The third kappa shape index (κ3) is 38.6.